The molecule has 0 aromatic carbocycles. The minimum Gasteiger partial charge on any atom is -0.380 e. The van der Waals surface area contributed by atoms with Gasteiger partial charge in [-0.3, -0.25) is 4.31 Å². The summed E-state index contributed by atoms with van der Waals surface area (Å²) >= 11 is 4.38. The maximum absolute atomic E-state index is 5.68. The molecule has 2 heterocycles. The first-order valence-corrected chi connectivity index (χ1v) is 5.54. The number of hydrogen-bond donors (Lipinski definition) is 1. The molecule has 2 atom stereocenters. The molecule has 2 saturated heterocycles. The minimum atomic E-state index is 0.290. The predicted molar refractivity (Wildman–Crippen MR) is 60.5 cm³/mol. The summed E-state index contributed by atoms with van der Waals surface area (Å²) in [6, 6.07) is 0. The smallest absolute Gasteiger partial charge is 0.0554 e. The van der Waals surface area contributed by atoms with Crippen molar-refractivity contribution in [2.24, 2.45) is 10.8 Å². The van der Waals surface area contributed by atoms with E-state index < -0.39 is 0 Å². The summed E-state index contributed by atoms with van der Waals surface area (Å²) in [7, 11) is 4.22. The van der Waals surface area contributed by atoms with Crippen LogP contribution in [0.3, 0.4) is 0 Å². The van der Waals surface area contributed by atoms with Crippen LogP contribution in [-0.4, -0.2) is 56.1 Å². The fourth-order valence-corrected chi connectivity index (χ4v) is 3.41. The molecule has 0 amide bonds. The van der Waals surface area contributed by atoms with E-state index in [0.717, 1.165) is 32.8 Å². The Kier molecular flexibility index (Phi) is 2.59. The van der Waals surface area contributed by atoms with Gasteiger partial charge in [-0.2, -0.15) is 0 Å². The van der Waals surface area contributed by atoms with Crippen molar-refractivity contribution in [3.05, 3.63) is 0 Å². The van der Waals surface area contributed by atoms with Crippen LogP contribution in [0.2, 0.25) is 0 Å². The Hall–Kier alpha value is 0.230. The fourth-order valence-electron chi connectivity index (χ4n) is 3.14. The molecular formula is C10H20N2OS. The quantitative estimate of drug-likeness (QED) is 0.685. The lowest BCUT2D eigenvalue weighted by molar-refractivity contribution is 0.127. The molecule has 0 aromatic rings. The van der Waals surface area contributed by atoms with Crippen molar-refractivity contribution < 1.29 is 4.74 Å². The molecule has 4 heteroatoms. The van der Waals surface area contributed by atoms with E-state index in [1.54, 1.807) is 0 Å². The molecule has 2 unspecified atom stereocenters. The van der Waals surface area contributed by atoms with Crippen molar-refractivity contribution in [3.8, 4) is 0 Å². The highest BCUT2D eigenvalue weighted by atomic mass is 32.1. The molecule has 2 aliphatic heterocycles. The first-order valence-electron chi connectivity index (χ1n) is 5.14. The van der Waals surface area contributed by atoms with Gasteiger partial charge in [0.15, 0.2) is 0 Å². The van der Waals surface area contributed by atoms with Gasteiger partial charge in [0.1, 0.15) is 0 Å². The summed E-state index contributed by atoms with van der Waals surface area (Å²) in [4.78, 5) is 2.42. The Bertz CT molecular complexity index is 236. The van der Waals surface area contributed by atoms with Gasteiger partial charge >= 0.3 is 0 Å². The zero-order valence-electron chi connectivity index (χ0n) is 9.29. The molecular weight excluding hydrogens is 196 g/mol. The van der Waals surface area contributed by atoms with E-state index >= 15 is 0 Å². The summed E-state index contributed by atoms with van der Waals surface area (Å²) in [6.45, 7) is 7.43. The molecule has 0 saturated carbocycles. The largest absolute Gasteiger partial charge is 0.380 e. The van der Waals surface area contributed by atoms with Crippen LogP contribution in [0.5, 0.6) is 0 Å². The van der Waals surface area contributed by atoms with E-state index in [0.29, 0.717) is 5.41 Å². The first kappa shape index (κ1) is 10.7. The number of fused-ring (bicyclic) bond motifs is 1. The number of ether oxygens (including phenoxy) is 1. The Morgan fingerprint density at radius 2 is 2.14 bits per heavy atom. The van der Waals surface area contributed by atoms with Crippen LogP contribution in [-0.2, 0) is 4.74 Å². The molecule has 82 valence electrons. The van der Waals surface area contributed by atoms with Crippen molar-refractivity contribution in [1.82, 2.24) is 9.21 Å². The van der Waals surface area contributed by atoms with Crippen LogP contribution in [0.1, 0.15) is 6.92 Å². The molecule has 0 spiro atoms. The molecule has 2 rings (SSSR count). The van der Waals surface area contributed by atoms with Crippen molar-refractivity contribution in [2.75, 3.05) is 46.9 Å². The van der Waals surface area contributed by atoms with E-state index in [1.807, 2.05) is 11.4 Å². The second kappa shape index (κ2) is 3.37. The summed E-state index contributed by atoms with van der Waals surface area (Å²) in [5.41, 5.74) is 0.608. The van der Waals surface area contributed by atoms with Gasteiger partial charge in [0, 0.05) is 30.5 Å². The van der Waals surface area contributed by atoms with Crippen LogP contribution in [0.15, 0.2) is 0 Å². The van der Waals surface area contributed by atoms with Gasteiger partial charge in [0.25, 0.3) is 0 Å². The Labute approximate surface area is 91.9 Å². The predicted octanol–water partition coefficient (Wildman–Crippen LogP) is 0.731. The Morgan fingerprint density at radius 3 is 2.79 bits per heavy atom. The third-order valence-electron chi connectivity index (χ3n) is 3.80. The van der Waals surface area contributed by atoms with Crippen LogP contribution >= 0.6 is 12.8 Å². The molecule has 14 heavy (non-hydrogen) atoms. The van der Waals surface area contributed by atoms with Crippen LogP contribution in [0.25, 0.3) is 0 Å². The SMILES string of the molecule is CN(S)CC12COCC1(C)CN(C)C2. The number of rotatable bonds is 2. The number of thiol groups is 1. The monoisotopic (exact) mass is 216 g/mol. The van der Waals surface area contributed by atoms with E-state index in [-0.39, 0.29) is 5.41 Å². The van der Waals surface area contributed by atoms with Gasteiger partial charge < -0.3 is 9.64 Å². The molecule has 2 aliphatic rings. The number of likely N-dealkylation sites (tertiary alicyclic amines) is 1. The third kappa shape index (κ3) is 1.48. The Balaban J connectivity index is 2.21. The molecule has 0 aromatic heterocycles. The third-order valence-corrected chi connectivity index (χ3v) is 3.94. The maximum Gasteiger partial charge on any atom is 0.0554 e. The first-order chi connectivity index (χ1) is 6.47. The summed E-state index contributed by atoms with van der Waals surface area (Å²) < 4.78 is 7.67. The maximum atomic E-state index is 5.68. The summed E-state index contributed by atoms with van der Waals surface area (Å²) in [5.74, 6) is 0. The fraction of sp³-hybridized carbons (Fsp3) is 1.00. The second-order valence-corrected chi connectivity index (χ2v) is 6.00. The zero-order valence-corrected chi connectivity index (χ0v) is 10.2. The van der Waals surface area contributed by atoms with Gasteiger partial charge in [-0.15, -0.1) is 0 Å². The molecule has 3 nitrogen and oxygen atoms in total. The molecule has 0 radical (unpaired) electrons. The van der Waals surface area contributed by atoms with Gasteiger partial charge in [-0.25, -0.2) is 0 Å². The van der Waals surface area contributed by atoms with Crippen LogP contribution in [0.4, 0.5) is 0 Å². The standard InChI is InChI=1S/C10H20N2OS/c1-9-4-11(2)5-10(9,6-12(3)14)8-13-7-9/h14H,4-8H2,1-3H3. The number of nitrogens with zero attached hydrogens (tertiary/aromatic N) is 2. The van der Waals surface area contributed by atoms with Crippen LogP contribution < -0.4 is 0 Å². The summed E-state index contributed by atoms with van der Waals surface area (Å²) in [6.07, 6.45) is 0. The topological polar surface area (TPSA) is 15.7 Å². The normalized spacial score (nSPS) is 43.5. The lowest BCUT2D eigenvalue weighted by atomic mass is 9.69. The molecule has 0 N–H and O–H groups in total. The highest BCUT2D eigenvalue weighted by Crippen LogP contribution is 2.50. The van der Waals surface area contributed by atoms with Crippen molar-refractivity contribution in [1.29, 1.82) is 0 Å². The molecule has 0 aliphatic carbocycles. The van der Waals surface area contributed by atoms with Crippen molar-refractivity contribution in [3.63, 3.8) is 0 Å². The number of hydrogen-bond acceptors (Lipinski definition) is 4. The van der Waals surface area contributed by atoms with E-state index in [9.17, 15) is 0 Å². The van der Waals surface area contributed by atoms with E-state index in [1.165, 1.54) is 0 Å². The van der Waals surface area contributed by atoms with Gasteiger partial charge in [0.05, 0.1) is 13.2 Å². The van der Waals surface area contributed by atoms with Crippen molar-refractivity contribution >= 4 is 12.8 Å². The lowest BCUT2D eigenvalue weighted by Gasteiger charge is -2.36. The van der Waals surface area contributed by atoms with Crippen molar-refractivity contribution in [2.45, 2.75) is 6.92 Å². The van der Waals surface area contributed by atoms with E-state index in [2.05, 4.69) is 31.7 Å². The Morgan fingerprint density at radius 1 is 1.43 bits per heavy atom. The van der Waals surface area contributed by atoms with Gasteiger partial charge in [-0.1, -0.05) is 19.7 Å². The highest BCUT2D eigenvalue weighted by molar-refractivity contribution is 7.77. The highest BCUT2D eigenvalue weighted by Gasteiger charge is 2.58. The van der Waals surface area contributed by atoms with E-state index in [4.69, 9.17) is 4.74 Å². The minimum absolute atomic E-state index is 0.290. The average Bonchev–Trinajstić information content (AvgIpc) is 2.35. The second-order valence-electron chi connectivity index (χ2n) is 5.32. The molecule has 0 bridgehead atoms. The lowest BCUT2D eigenvalue weighted by Crippen LogP contribution is -2.44. The zero-order chi connectivity index (χ0) is 10.4. The van der Waals surface area contributed by atoms with Gasteiger partial charge in [-0.05, 0) is 14.1 Å². The van der Waals surface area contributed by atoms with Gasteiger partial charge in [0.2, 0.25) is 0 Å². The summed E-state index contributed by atoms with van der Waals surface area (Å²) in [5, 5.41) is 0. The van der Waals surface area contributed by atoms with Crippen LogP contribution in [0, 0.1) is 10.8 Å². The molecule has 2 fully saturated rings. The average molecular weight is 216 g/mol.